The molecule has 2 heterocycles. The van der Waals surface area contributed by atoms with Crippen molar-refractivity contribution in [3.05, 3.63) is 18.0 Å². The third-order valence-corrected chi connectivity index (χ3v) is 4.94. The molecule has 1 saturated heterocycles. The Kier molecular flexibility index (Phi) is 4.97. The summed E-state index contributed by atoms with van der Waals surface area (Å²) in [6.07, 6.45) is 9.47. The molecule has 0 aliphatic carbocycles. The zero-order valence-corrected chi connectivity index (χ0v) is 13.1. The lowest BCUT2D eigenvalue weighted by Gasteiger charge is -2.26. The van der Waals surface area contributed by atoms with Gasteiger partial charge in [0.25, 0.3) is 0 Å². The first-order chi connectivity index (χ1) is 9.62. The van der Waals surface area contributed by atoms with Gasteiger partial charge in [0.2, 0.25) is 5.95 Å². The van der Waals surface area contributed by atoms with Crippen LogP contribution in [0.5, 0.6) is 0 Å². The molecule has 1 aromatic heterocycles. The normalized spacial score (nSPS) is 19.3. The molecular formula is C16H28N4. The van der Waals surface area contributed by atoms with Crippen molar-refractivity contribution >= 4 is 5.95 Å². The second-order valence-electron chi connectivity index (χ2n) is 6.14. The van der Waals surface area contributed by atoms with Crippen LogP contribution < -0.4 is 10.6 Å². The van der Waals surface area contributed by atoms with E-state index in [-0.39, 0.29) is 6.04 Å². The number of rotatable bonds is 6. The standard InChI is InChI=1S/C16H28N4/c1-4-14(17)9-13-10-18-15(19-11-13)20-8-7-16(5-2,6-3)12-20/h10-11,14H,4-9,12,17H2,1-3H3. The van der Waals surface area contributed by atoms with E-state index < -0.39 is 0 Å². The Bertz CT molecular complexity index is 411. The van der Waals surface area contributed by atoms with Gasteiger partial charge in [0.15, 0.2) is 0 Å². The zero-order valence-electron chi connectivity index (χ0n) is 13.1. The molecule has 1 aliphatic heterocycles. The molecule has 1 aliphatic rings. The quantitative estimate of drug-likeness (QED) is 0.868. The average molecular weight is 276 g/mol. The van der Waals surface area contributed by atoms with Gasteiger partial charge in [-0.1, -0.05) is 20.8 Å². The Hall–Kier alpha value is -1.16. The number of nitrogens with two attached hydrogens (primary N) is 1. The van der Waals surface area contributed by atoms with Crippen molar-refractivity contribution in [1.29, 1.82) is 0 Å². The molecule has 0 radical (unpaired) electrons. The van der Waals surface area contributed by atoms with E-state index in [1.54, 1.807) is 0 Å². The molecule has 1 atom stereocenters. The summed E-state index contributed by atoms with van der Waals surface area (Å²) in [4.78, 5) is 11.4. The van der Waals surface area contributed by atoms with Crippen molar-refractivity contribution in [1.82, 2.24) is 9.97 Å². The lowest BCUT2D eigenvalue weighted by Crippen LogP contribution is -2.27. The molecule has 112 valence electrons. The third-order valence-electron chi connectivity index (χ3n) is 4.94. The SMILES string of the molecule is CCC(N)Cc1cnc(N2CCC(CC)(CC)C2)nc1. The highest BCUT2D eigenvalue weighted by Gasteiger charge is 2.35. The minimum atomic E-state index is 0.212. The molecule has 1 unspecified atom stereocenters. The van der Waals surface area contributed by atoms with Crippen molar-refractivity contribution in [2.75, 3.05) is 18.0 Å². The molecule has 0 amide bonds. The Morgan fingerprint density at radius 1 is 1.25 bits per heavy atom. The van der Waals surface area contributed by atoms with Gasteiger partial charge in [-0.25, -0.2) is 9.97 Å². The lowest BCUT2D eigenvalue weighted by molar-refractivity contribution is 0.301. The van der Waals surface area contributed by atoms with Crippen LogP contribution in [-0.2, 0) is 6.42 Å². The molecule has 0 aromatic carbocycles. The Balaban J connectivity index is 2.01. The maximum Gasteiger partial charge on any atom is 0.225 e. The fraction of sp³-hybridized carbons (Fsp3) is 0.750. The third kappa shape index (κ3) is 3.29. The molecule has 4 nitrogen and oxygen atoms in total. The van der Waals surface area contributed by atoms with Gasteiger partial charge in [0, 0.05) is 31.5 Å². The van der Waals surface area contributed by atoms with Crippen molar-refractivity contribution in [2.24, 2.45) is 11.1 Å². The van der Waals surface area contributed by atoms with Gasteiger partial charge in [0.1, 0.15) is 0 Å². The Morgan fingerprint density at radius 2 is 1.90 bits per heavy atom. The molecular weight excluding hydrogens is 248 g/mol. The predicted octanol–water partition coefficient (Wildman–Crippen LogP) is 2.77. The molecule has 20 heavy (non-hydrogen) atoms. The fourth-order valence-electron chi connectivity index (χ4n) is 3.00. The van der Waals surface area contributed by atoms with Gasteiger partial charge in [0.05, 0.1) is 0 Å². The summed E-state index contributed by atoms with van der Waals surface area (Å²) < 4.78 is 0. The lowest BCUT2D eigenvalue weighted by atomic mass is 9.82. The van der Waals surface area contributed by atoms with Crippen LogP contribution in [0.4, 0.5) is 5.95 Å². The Morgan fingerprint density at radius 3 is 2.40 bits per heavy atom. The van der Waals surface area contributed by atoms with Crippen molar-refractivity contribution in [2.45, 2.75) is 58.9 Å². The first-order valence-corrected chi connectivity index (χ1v) is 7.94. The van der Waals surface area contributed by atoms with E-state index in [4.69, 9.17) is 5.73 Å². The Labute approximate surface area is 122 Å². The zero-order chi connectivity index (χ0) is 14.6. The van der Waals surface area contributed by atoms with E-state index in [1.807, 2.05) is 12.4 Å². The van der Waals surface area contributed by atoms with Crippen molar-refractivity contribution in [3.63, 3.8) is 0 Å². The predicted molar refractivity (Wildman–Crippen MR) is 83.8 cm³/mol. The molecule has 1 aromatic rings. The van der Waals surface area contributed by atoms with E-state index in [1.165, 1.54) is 19.3 Å². The summed E-state index contributed by atoms with van der Waals surface area (Å²) in [6, 6.07) is 0.212. The number of hydrogen-bond donors (Lipinski definition) is 1. The van der Waals surface area contributed by atoms with Gasteiger partial charge in [-0.05, 0) is 43.1 Å². The van der Waals surface area contributed by atoms with Crippen molar-refractivity contribution < 1.29 is 0 Å². The van der Waals surface area contributed by atoms with Crippen LogP contribution in [0.2, 0.25) is 0 Å². The average Bonchev–Trinajstić information content (AvgIpc) is 2.93. The maximum atomic E-state index is 5.97. The summed E-state index contributed by atoms with van der Waals surface area (Å²) in [7, 11) is 0. The minimum Gasteiger partial charge on any atom is -0.340 e. The van der Waals surface area contributed by atoms with Gasteiger partial charge < -0.3 is 10.6 Å². The first-order valence-electron chi connectivity index (χ1n) is 7.94. The minimum absolute atomic E-state index is 0.212. The summed E-state index contributed by atoms with van der Waals surface area (Å²) in [6.45, 7) is 8.87. The van der Waals surface area contributed by atoms with Crippen LogP contribution >= 0.6 is 0 Å². The smallest absolute Gasteiger partial charge is 0.225 e. The van der Waals surface area contributed by atoms with E-state index in [0.29, 0.717) is 5.41 Å². The van der Waals surface area contributed by atoms with Gasteiger partial charge in [-0.2, -0.15) is 0 Å². The molecule has 1 fully saturated rings. The van der Waals surface area contributed by atoms with Crippen LogP contribution in [0.1, 0.15) is 52.0 Å². The van der Waals surface area contributed by atoms with Crippen molar-refractivity contribution in [3.8, 4) is 0 Å². The van der Waals surface area contributed by atoms with Gasteiger partial charge >= 0.3 is 0 Å². The maximum absolute atomic E-state index is 5.97. The highest BCUT2D eigenvalue weighted by atomic mass is 15.3. The summed E-state index contributed by atoms with van der Waals surface area (Å²) in [5.41, 5.74) is 7.57. The number of hydrogen-bond acceptors (Lipinski definition) is 4. The second-order valence-corrected chi connectivity index (χ2v) is 6.14. The molecule has 4 heteroatoms. The van der Waals surface area contributed by atoms with Crippen LogP contribution in [0.15, 0.2) is 12.4 Å². The van der Waals surface area contributed by atoms with E-state index in [2.05, 4.69) is 35.6 Å². The largest absolute Gasteiger partial charge is 0.340 e. The number of nitrogens with zero attached hydrogens (tertiary/aromatic N) is 3. The fourth-order valence-corrected chi connectivity index (χ4v) is 3.00. The second kappa shape index (κ2) is 6.53. The molecule has 0 bridgehead atoms. The molecule has 0 spiro atoms. The van der Waals surface area contributed by atoms with E-state index >= 15 is 0 Å². The van der Waals surface area contributed by atoms with Crippen LogP contribution in [0, 0.1) is 5.41 Å². The molecule has 2 rings (SSSR count). The highest BCUT2D eigenvalue weighted by Crippen LogP contribution is 2.37. The summed E-state index contributed by atoms with van der Waals surface area (Å²) >= 11 is 0. The highest BCUT2D eigenvalue weighted by molar-refractivity contribution is 5.33. The number of aromatic nitrogens is 2. The number of anilines is 1. The molecule has 0 saturated carbocycles. The summed E-state index contributed by atoms with van der Waals surface area (Å²) in [5, 5.41) is 0. The topological polar surface area (TPSA) is 55.0 Å². The summed E-state index contributed by atoms with van der Waals surface area (Å²) in [5.74, 6) is 0.877. The van der Waals surface area contributed by atoms with Crippen LogP contribution in [-0.4, -0.2) is 29.1 Å². The van der Waals surface area contributed by atoms with E-state index in [0.717, 1.165) is 37.4 Å². The monoisotopic (exact) mass is 276 g/mol. The van der Waals surface area contributed by atoms with E-state index in [9.17, 15) is 0 Å². The van der Waals surface area contributed by atoms with Crippen LogP contribution in [0.3, 0.4) is 0 Å². The van der Waals surface area contributed by atoms with Gasteiger partial charge in [-0.15, -0.1) is 0 Å². The molecule has 2 N–H and O–H groups in total. The first kappa shape index (κ1) is 15.2. The van der Waals surface area contributed by atoms with Crippen LogP contribution in [0.25, 0.3) is 0 Å². The van der Waals surface area contributed by atoms with Gasteiger partial charge in [-0.3, -0.25) is 0 Å².